The van der Waals surface area contributed by atoms with E-state index in [9.17, 15) is 4.79 Å². The van der Waals surface area contributed by atoms with Gasteiger partial charge in [0.1, 0.15) is 0 Å². The first-order valence-electron chi connectivity index (χ1n) is 5.85. The first-order chi connectivity index (χ1) is 7.84. The molecular weight excluding hydrogens is 198 g/mol. The van der Waals surface area contributed by atoms with Crippen LogP contribution in [-0.2, 0) is 4.79 Å². The van der Waals surface area contributed by atoms with Gasteiger partial charge in [-0.05, 0) is 24.8 Å². The summed E-state index contributed by atoms with van der Waals surface area (Å²) in [6.07, 6.45) is 8.01. The molecule has 1 aromatic rings. The molecule has 1 fully saturated rings. The molecule has 1 aliphatic rings. The highest BCUT2D eigenvalue weighted by Gasteiger charge is 2.16. The molecule has 1 atom stereocenters. The minimum atomic E-state index is 0.198. The van der Waals surface area contributed by atoms with Gasteiger partial charge in [0.05, 0.1) is 0 Å². The van der Waals surface area contributed by atoms with E-state index in [1.54, 1.807) is 0 Å². The molecule has 0 bridgehead atoms. The van der Waals surface area contributed by atoms with Crippen LogP contribution in [0, 0.1) is 0 Å². The minimum Gasteiger partial charge on any atom is -0.353 e. The van der Waals surface area contributed by atoms with Gasteiger partial charge in [-0.2, -0.15) is 0 Å². The van der Waals surface area contributed by atoms with Gasteiger partial charge < -0.3 is 5.32 Å². The average Bonchev–Trinajstić information content (AvgIpc) is 2.30. The van der Waals surface area contributed by atoms with Crippen LogP contribution in [0.4, 0.5) is 0 Å². The maximum atomic E-state index is 11.2. The number of nitrogens with one attached hydrogen (secondary N) is 1. The van der Waals surface area contributed by atoms with Crippen LogP contribution in [0.15, 0.2) is 36.4 Å². The number of amides is 1. The largest absolute Gasteiger partial charge is 0.353 e. The summed E-state index contributed by atoms with van der Waals surface area (Å²) in [6, 6.07) is 10.6. The van der Waals surface area contributed by atoms with Crippen LogP contribution in [0.25, 0.3) is 6.08 Å². The van der Waals surface area contributed by atoms with E-state index in [2.05, 4.69) is 29.6 Å². The lowest BCUT2D eigenvalue weighted by Gasteiger charge is -2.21. The Balaban J connectivity index is 1.83. The number of piperidine rings is 1. The molecule has 0 spiro atoms. The lowest BCUT2D eigenvalue weighted by atomic mass is 10.0. The number of rotatable bonds is 3. The predicted octanol–water partition coefficient (Wildman–Crippen LogP) is 2.76. The molecule has 0 aromatic heterocycles. The summed E-state index contributed by atoms with van der Waals surface area (Å²) in [5.74, 6) is 0.198. The summed E-state index contributed by atoms with van der Waals surface area (Å²) in [5.41, 5.74) is 1.21. The van der Waals surface area contributed by atoms with Crippen LogP contribution >= 0.6 is 0 Å². The van der Waals surface area contributed by atoms with Gasteiger partial charge in [0.15, 0.2) is 0 Å². The Kier molecular flexibility index (Phi) is 3.76. The van der Waals surface area contributed by atoms with Gasteiger partial charge in [0, 0.05) is 12.5 Å². The van der Waals surface area contributed by atoms with Gasteiger partial charge in [-0.15, -0.1) is 0 Å². The molecule has 0 saturated carbocycles. The highest BCUT2D eigenvalue weighted by atomic mass is 16.1. The number of hydrogen-bond donors (Lipinski definition) is 1. The zero-order valence-electron chi connectivity index (χ0n) is 9.36. The number of benzene rings is 1. The lowest BCUT2D eigenvalue weighted by Crippen LogP contribution is -2.38. The van der Waals surface area contributed by atoms with Gasteiger partial charge in [0.2, 0.25) is 5.91 Å². The van der Waals surface area contributed by atoms with E-state index in [1.165, 1.54) is 5.56 Å². The van der Waals surface area contributed by atoms with E-state index >= 15 is 0 Å². The van der Waals surface area contributed by atoms with Gasteiger partial charge >= 0.3 is 0 Å². The molecule has 1 unspecified atom stereocenters. The molecule has 2 heteroatoms. The smallest absolute Gasteiger partial charge is 0.220 e. The van der Waals surface area contributed by atoms with Crippen LogP contribution in [0.2, 0.25) is 0 Å². The first kappa shape index (κ1) is 10.9. The zero-order valence-corrected chi connectivity index (χ0v) is 9.36. The van der Waals surface area contributed by atoms with Gasteiger partial charge in [-0.25, -0.2) is 0 Å². The fraction of sp³-hybridized carbons (Fsp3) is 0.357. The number of carbonyl (C=O) groups is 1. The second-order valence-electron chi connectivity index (χ2n) is 4.21. The SMILES string of the molecule is O=C1CCCC(CC=Cc2ccccc2)N1. The van der Waals surface area contributed by atoms with Crippen LogP contribution < -0.4 is 5.32 Å². The van der Waals surface area contributed by atoms with E-state index in [0.29, 0.717) is 12.5 Å². The van der Waals surface area contributed by atoms with Crippen LogP contribution in [0.5, 0.6) is 0 Å². The minimum absolute atomic E-state index is 0.198. The Labute approximate surface area is 96.4 Å². The molecular formula is C14H17NO. The van der Waals surface area contributed by atoms with E-state index in [-0.39, 0.29) is 5.91 Å². The molecule has 16 heavy (non-hydrogen) atoms. The monoisotopic (exact) mass is 215 g/mol. The third-order valence-electron chi connectivity index (χ3n) is 2.85. The predicted molar refractivity (Wildman–Crippen MR) is 65.9 cm³/mol. The van der Waals surface area contributed by atoms with Crippen molar-refractivity contribution in [2.45, 2.75) is 31.7 Å². The Morgan fingerprint density at radius 3 is 2.88 bits per heavy atom. The molecule has 84 valence electrons. The van der Waals surface area contributed by atoms with Crippen molar-refractivity contribution in [3.63, 3.8) is 0 Å². The molecule has 0 aliphatic carbocycles. The van der Waals surface area contributed by atoms with Crippen molar-refractivity contribution in [2.75, 3.05) is 0 Å². The third-order valence-corrected chi connectivity index (χ3v) is 2.85. The first-order valence-corrected chi connectivity index (χ1v) is 5.85. The third kappa shape index (κ3) is 3.23. The molecule has 1 saturated heterocycles. The Morgan fingerprint density at radius 1 is 1.31 bits per heavy atom. The Hall–Kier alpha value is -1.57. The van der Waals surface area contributed by atoms with Crippen LogP contribution in [0.1, 0.15) is 31.2 Å². The van der Waals surface area contributed by atoms with Gasteiger partial charge in [0.25, 0.3) is 0 Å². The van der Waals surface area contributed by atoms with Crippen molar-refractivity contribution in [1.82, 2.24) is 5.32 Å². The number of carbonyl (C=O) groups excluding carboxylic acids is 1. The zero-order chi connectivity index (χ0) is 11.2. The maximum absolute atomic E-state index is 11.2. The summed E-state index contributed by atoms with van der Waals surface area (Å²) in [6.45, 7) is 0. The quantitative estimate of drug-likeness (QED) is 0.825. The fourth-order valence-corrected chi connectivity index (χ4v) is 1.99. The van der Waals surface area contributed by atoms with Crippen molar-refractivity contribution in [1.29, 1.82) is 0 Å². The van der Waals surface area contributed by atoms with E-state index in [4.69, 9.17) is 0 Å². The summed E-state index contributed by atoms with van der Waals surface area (Å²) in [7, 11) is 0. The van der Waals surface area contributed by atoms with Crippen LogP contribution in [-0.4, -0.2) is 11.9 Å². The molecule has 0 radical (unpaired) electrons. The van der Waals surface area contributed by atoms with E-state index in [1.807, 2.05) is 18.2 Å². The topological polar surface area (TPSA) is 29.1 Å². The van der Waals surface area contributed by atoms with E-state index in [0.717, 1.165) is 19.3 Å². The van der Waals surface area contributed by atoms with Crippen molar-refractivity contribution in [3.8, 4) is 0 Å². The summed E-state index contributed by atoms with van der Waals surface area (Å²) >= 11 is 0. The molecule has 1 aromatic carbocycles. The van der Waals surface area contributed by atoms with Gasteiger partial charge in [-0.3, -0.25) is 4.79 Å². The summed E-state index contributed by atoms with van der Waals surface area (Å²) in [5, 5.41) is 3.01. The highest BCUT2D eigenvalue weighted by Crippen LogP contribution is 2.12. The van der Waals surface area contributed by atoms with Crippen molar-refractivity contribution in [2.24, 2.45) is 0 Å². The van der Waals surface area contributed by atoms with Gasteiger partial charge in [-0.1, -0.05) is 42.5 Å². The van der Waals surface area contributed by atoms with Crippen molar-refractivity contribution < 1.29 is 4.79 Å². The van der Waals surface area contributed by atoms with Crippen molar-refractivity contribution in [3.05, 3.63) is 42.0 Å². The average molecular weight is 215 g/mol. The second-order valence-corrected chi connectivity index (χ2v) is 4.21. The standard InChI is InChI=1S/C14H17NO/c16-14-11-5-10-13(15-14)9-4-8-12-6-2-1-3-7-12/h1-4,6-8,13H,5,9-11H2,(H,15,16). The summed E-state index contributed by atoms with van der Waals surface area (Å²) in [4.78, 5) is 11.2. The highest BCUT2D eigenvalue weighted by molar-refractivity contribution is 5.76. The van der Waals surface area contributed by atoms with E-state index < -0.39 is 0 Å². The molecule has 2 nitrogen and oxygen atoms in total. The van der Waals surface area contributed by atoms with Crippen molar-refractivity contribution >= 4 is 12.0 Å². The second kappa shape index (κ2) is 5.50. The maximum Gasteiger partial charge on any atom is 0.220 e. The lowest BCUT2D eigenvalue weighted by molar-refractivity contribution is -0.123. The molecule has 1 heterocycles. The Morgan fingerprint density at radius 2 is 2.12 bits per heavy atom. The summed E-state index contributed by atoms with van der Waals surface area (Å²) < 4.78 is 0. The number of hydrogen-bond acceptors (Lipinski definition) is 1. The molecule has 2 rings (SSSR count). The molecule has 1 N–H and O–H groups in total. The Bertz CT molecular complexity index is 370. The van der Waals surface area contributed by atoms with Crippen LogP contribution in [0.3, 0.4) is 0 Å². The normalized spacial score (nSPS) is 21.0. The fourth-order valence-electron chi connectivity index (χ4n) is 1.99. The molecule has 1 amide bonds. The molecule has 1 aliphatic heterocycles.